The third-order valence-corrected chi connectivity index (χ3v) is 4.03. The first-order chi connectivity index (χ1) is 12.0. The van der Waals surface area contributed by atoms with Crippen LogP contribution < -0.4 is 5.73 Å². The largest absolute Gasteiger partial charge is 0.365 e. The number of carbonyl (C=O) groups excluding carboxylic acids is 1. The fraction of sp³-hybridized carbons (Fsp3) is 0.105. The van der Waals surface area contributed by atoms with Crippen molar-refractivity contribution in [1.82, 2.24) is 10.2 Å². The summed E-state index contributed by atoms with van der Waals surface area (Å²) in [7, 11) is 0. The lowest BCUT2D eigenvalue weighted by Crippen LogP contribution is -2.13. The molecule has 0 spiro atoms. The normalized spacial score (nSPS) is 11.1. The van der Waals surface area contributed by atoms with Gasteiger partial charge in [-0.1, -0.05) is 53.6 Å². The lowest BCUT2D eigenvalue weighted by Gasteiger charge is -2.02. The minimum Gasteiger partial charge on any atom is -0.365 e. The average molecular weight is 353 g/mol. The Balaban J connectivity index is 1.87. The van der Waals surface area contributed by atoms with E-state index in [9.17, 15) is 4.79 Å². The topological polar surface area (TPSA) is 84.1 Å². The Morgan fingerprint density at radius 3 is 2.52 bits per heavy atom. The molecule has 3 N–H and O–H groups in total. The van der Waals surface area contributed by atoms with E-state index in [1.807, 2.05) is 43.3 Å². The lowest BCUT2D eigenvalue weighted by atomic mass is 10.1. The van der Waals surface area contributed by atoms with Crippen LogP contribution in [0.25, 0.3) is 0 Å². The second-order valence-corrected chi connectivity index (χ2v) is 6.17. The molecule has 0 radical (unpaired) electrons. The van der Waals surface area contributed by atoms with Gasteiger partial charge in [0.05, 0.1) is 5.69 Å². The van der Waals surface area contributed by atoms with Gasteiger partial charge in [-0.2, -0.15) is 5.10 Å². The number of primary amides is 1. The number of amides is 1. The molecule has 3 aromatic rings. The van der Waals surface area contributed by atoms with E-state index in [-0.39, 0.29) is 5.82 Å². The van der Waals surface area contributed by atoms with Gasteiger partial charge in [0.25, 0.3) is 5.91 Å². The molecule has 1 amide bonds. The molecule has 0 unspecified atom stereocenters. The fourth-order valence-electron chi connectivity index (χ4n) is 2.44. The van der Waals surface area contributed by atoms with Crippen molar-refractivity contribution in [3.8, 4) is 0 Å². The van der Waals surface area contributed by atoms with Crippen LogP contribution in [0.15, 0.2) is 53.5 Å². The standard InChI is InChI=1S/C19H17ClN4O/c1-12-2-4-14(5-3-12)11-22-19-17(18(21)25)16(23-24-19)10-13-6-8-15(20)9-7-13/h2-9,11H,10H2,1H3,(H2,21,25)(H,23,24). The van der Waals surface area contributed by atoms with Gasteiger partial charge in [-0.05, 0) is 30.2 Å². The summed E-state index contributed by atoms with van der Waals surface area (Å²) < 4.78 is 0. The molecule has 3 rings (SSSR count). The van der Waals surface area contributed by atoms with Gasteiger partial charge >= 0.3 is 0 Å². The van der Waals surface area contributed by atoms with Crippen LogP contribution in [0.5, 0.6) is 0 Å². The molecule has 0 saturated heterocycles. The number of nitrogens with zero attached hydrogens (tertiary/aromatic N) is 2. The van der Waals surface area contributed by atoms with Crippen molar-refractivity contribution in [3.63, 3.8) is 0 Å². The molecule has 1 heterocycles. The monoisotopic (exact) mass is 352 g/mol. The molecule has 0 aliphatic carbocycles. The van der Waals surface area contributed by atoms with Gasteiger partial charge in [-0.15, -0.1) is 0 Å². The maximum Gasteiger partial charge on any atom is 0.254 e. The third kappa shape index (κ3) is 4.14. The first-order valence-corrected chi connectivity index (χ1v) is 8.13. The molecule has 126 valence electrons. The lowest BCUT2D eigenvalue weighted by molar-refractivity contribution is 0.100. The van der Waals surface area contributed by atoms with Gasteiger partial charge in [0.2, 0.25) is 0 Å². The number of halogens is 1. The second kappa shape index (κ2) is 7.32. The average Bonchev–Trinajstić information content (AvgIpc) is 2.99. The molecule has 1 aromatic heterocycles. The summed E-state index contributed by atoms with van der Waals surface area (Å²) in [5.41, 5.74) is 9.54. The van der Waals surface area contributed by atoms with Crippen molar-refractivity contribution in [1.29, 1.82) is 0 Å². The van der Waals surface area contributed by atoms with Crippen molar-refractivity contribution < 1.29 is 4.79 Å². The van der Waals surface area contributed by atoms with E-state index >= 15 is 0 Å². The van der Waals surface area contributed by atoms with Crippen LogP contribution in [0.2, 0.25) is 5.02 Å². The maximum atomic E-state index is 11.9. The zero-order valence-electron chi connectivity index (χ0n) is 13.7. The summed E-state index contributed by atoms with van der Waals surface area (Å²) >= 11 is 5.90. The van der Waals surface area contributed by atoms with Crippen molar-refractivity contribution in [2.45, 2.75) is 13.3 Å². The molecule has 0 aliphatic heterocycles. The fourth-order valence-corrected chi connectivity index (χ4v) is 2.57. The number of rotatable bonds is 5. The number of aromatic amines is 1. The van der Waals surface area contributed by atoms with Gasteiger partial charge in [-0.25, -0.2) is 4.99 Å². The van der Waals surface area contributed by atoms with Crippen molar-refractivity contribution in [3.05, 3.63) is 81.5 Å². The van der Waals surface area contributed by atoms with E-state index in [2.05, 4.69) is 15.2 Å². The Morgan fingerprint density at radius 1 is 1.20 bits per heavy atom. The van der Waals surface area contributed by atoms with Crippen molar-refractivity contribution in [2.24, 2.45) is 10.7 Å². The van der Waals surface area contributed by atoms with Crippen LogP contribution >= 0.6 is 11.6 Å². The summed E-state index contributed by atoms with van der Waals surface area (Å²) in [5, 5.41) is 7.66. The van der Waals surface area contributed by atoms with E-state index in [1.165, 1.54) is 5.56 Å². The van der Waals surface area contributed by atoms with Gasteiger partial charge in [0.1, 0.15) is 5.56 Å². The summed E-state index contributed by atoms with van der Waals surface area (Å²) in [4.78, 5) is 16.2. The highest BCUT2D eigenvalue weighted by Gasteiger charge is 2.17. The Kier molecular flexibility index (Phi) is 4.95. The molecule has 25 heavy (non-hydrogen) atoms. The van der Waals surface area contributed by atoms with Gasteiger partial charge in [0, 0.05) is 17.7 Å². The van der Waals surface area contributed by atoms with Crippen LogP contribution in [0.1, 0.15) is 32.7 Å². The number of carbonyl (C=O) groups is 1. The molecule has 0 saturated carbocycles. The smallest absolute Gasteiger partial charge is 0.254 e. The van der Waals surface area contributed by atoms with E-state index < -0.39 is 5.91 Å². The molecule has 5 nitrogen and oxygen atoms in total. The van der Waals surface area contributed by atoms with E-state index in [1.54, 1.807) is 18.3 Å². The van der Waals surface area contributed by atoms with Crippen LogP contribution in [0.3, 0.4) is 0 Å². The first-order valence-electron chi connectivity index (χ1n) is 7.75. The molecular weight excluding hydrogens is 336 g/mol. The van der Waals surface area contributed by atoms with Crippen LogP contribution in [0.4, 0.5) is 5.82 Å². The predicted molar refractivity (Wildman–Crippen MR) is 99.8 cm³/mol. The number of aromatic nitrogens is 2. The van der Waals surface area contributed by atoms with E-state index in [0.29, 0.717) is 22.7 Å². The van der Waals surface area contributed by atoms with Gasteiger partial charge < -0.3 is 5.73 Å². The summed E-state index contributed by atoms with van der Waals surface area (Å²) in [6.45, 7) is 2.02. The quantitative estimate of drug-likeness (QED) is 0.684. The van der Waals surface area contributed by atoms with E-state index in [0.717, 1.165) is 11.1 Å². The van der Waals surface area contributed by atoms with Crippen LogP contribution in [-0.4, -0.2) is 22.3 Å². The third-order valence-electron chi connectivity index (χ3n) is 3.78. The zero-order chi connectivity index (χ0) is 17.8. The number of H-pyrrole nitrogens is 1. The highest BCUT2D eigenvalue weighted by Crippen LogP contribution is 2.22. The molecule has 0 aliphatic rings. The molecule has 0 atom stereocenters. The molecule has 6 heteroatoms. The Hall–Kier alpha value is -2.92. The number of nitrogens with two attached hydrogens (primary N) is 1. The molecule has 2 aromatic carbocycles. The Morgan fingerprint density at radius 2 is 1.88 bits per heavy atom. The SMILES string of the molecule is Cc1ccc(C=Nc2n[nH]c(Cc3ccc(Cl)cc3)c2C(N)=O)cc1. The highest BCUT2D eigenvalue weighted by atomic mass is 35.5. The van der Waals surface area contributed by atoms with E-state index in [4.69, 9.17) is 17.3 Å². The summed E-state index contributed by atoms with van der Waals surface area (Å²) in [6, 6.07) is 15.3. The Labute approximate surface area is 150 Å². The minimum absolute atomic E-state index is 0.289. The number of hydrogen-bond donors (Lipinski definition) is 2. The van der Waals surface area contributed by atoms with Gasteiger partial charge in [-0.3, -0.25) is 9.89 Å². The van der Waals surface area contributed by atoms with Crippen LogP contribution in [-0.2, 0) is 6.42 Å². The molecule has 0 bridgehead atoms. The number of aryl methyl sites for hydroxylation is 1. The molecular formula is C19H17ClN4O. The zero-order valence-corrected chi connectivity index (χ0v) is 14.4. The highest BCUT2D eigenvalue weighted by molar-refractivity contribution is 6.30. The molecule has 0 fully saturated rings. The van der Waals surface area contributed by atoms with Gasteiger partial charge in [0.15, 0.2) is 5.82 Å². The Bertz CT molecular complexity index is 912. The first kappa shape index (κ1) is 16.9. The number of hydrogen-bond acceptors (Lipinski definition) is 3. The predicted octanol–water partition coefficient (Wildman–Crippen LogP) is 3.81. The number of nitrogens with one attached hydrogen (secondary N) is 1. The maximum absolute atomic E-state index is 11.9. The van der Waals surface area contributed by atoms with Crippen LogP contribution in [0, 0.1) is 6.92 Å². The summed E-state index contributed by atoms with van der Waals surface area (Å²) in [5.74, 6) is -0.272. The van der Waals surface area contributed by atoms with Crippen molar-refractivity contribution >= 4 is 29.5 Å². The number of aliphatic imine (C=N–C) groups is 1. The van der Waals surface area contributed by atoms with Crippen molar-refractivity contribution in [2.75, 3.05) is 0 Å². The second-order valence-electron chi connectivity index (χ2n) is 5.74. The minimum atomic E-state index is -0.561. The number of benzene rings is 2. The summed E-state index contributed by atoms with van der Waals surface area (Å²) in [6.07, 6.45) is 2.15.